The van der Waals surface area contributed by atoms with E-state index in [4.69, 9.17) is 0 Å². The zero-order valence-corrected chi connectivity index (χ0v) is 19.0. The van der Waals surface area contributed by atoms with Crippen molar-refractivity contribution in [3.8, 4) is 11.1 Å². The summed E-state index contributed by atoms with van der Waals surface area (Å²) in [5, 5.41) is 0. The molecule has 2 aliphatic carbocycles. The Morgan fingerprint density at radius 2 is 1.19 bits per heavy atom. The second-order valence-electron chi connectivity index (χ2n) is 9.45. The summed E-state index contributed by atoms with van der Waals surface area (Å²) in [5.41, 5.74) is 13.0. The Bertz CT molecular complexity index is 1210. The van der Waals surface area contributed by atoms with Gasteiger partial charge in [-0.3, -0.25) is 0 Å². The Morgan fingerprint density at radius 1 is 0.645 bits per heavy atom. The topological polar surface area (TPSA) is 0 Å². The van der Waals surface area contributed by atoms with Crippen molar-refractivity contribution in [3.63, 3.8) is 0 Å². The molecule has 0 fully saturated rings. The Balaban J connectivity index is 1.99. The van der Waals surface area contributed by atoms with Gasteiger partial charge in [-0.25, -0.2) is 0 Å². The molecule has 154 valence electrons. The first-order valence-electron chi connectivity index (χ1n) is 11.3. The van der Waals surface area contributed by atoms with Crippen LogP contribution in [0.3, 0.4) is 0 Å². The third kappa shape index (κ3) is 2.48. The molecule has 0 heterocycles. The van der Waals surface area contributed by atoms with Crippen molar-refractivity contribution in [1.29, 1.82) is 0 Å². The van der Waals surface area contributed by atoms with Crippen LogP contribution in [0.5, 0.6) is 0 Å². The Morgan fingerprint density at radius 3 is 1.68 bits per heavy atom. The van der Waals surface area contributed by atoms with E-state index in [1.165, 1.54) is 55.7 Å². The molecule has 0 nitrogen and oxygen atoms in total. The highest BCUT2D eigenvalue weighted by molar-refractivity contribution is 5.97. The number of hydrogen-bond donors (Lipinski definition) is 0. The molecule has 0 saturated heterocycles. The highest BCUT2D eigenvalue weighted by Crippen LogP contribution is 2.62. The molecule has 5 rings (SSSR count). The maximum absolute atomic E-state index is 4.30. The van der Waals surface area contributed by atoms with Crippen LogP contribution in [0.1, 0.15) is 72.9 Å². The molecule has 0 aromatic heterocycles. The van der Waals surface area contributed by atoms with Crippen LogP contribution in [-0.2, 0) is 5.41 Å². The number of benzene rings is 3. The molecule has 31 heavy (non-hydrogen) atoms. The van der Waals surface area contributed by atoms with Crippen LogP contribution < -0.4 is 0 Å². The average molecular weight is 403 g/mol. The number of hydrogen-bond acceptors (Lipinski definition) is 0. The fourth-order valence-corrected chi connectivity index (χ4v) is 5.68. The first kappa shape index (κ1) is 19.8. The van der Waals surface area contributed by atoms with Crippen molar-refractivity contribution in [1.82, 2.24) is 0 Å². The average Bonchev–Trinajstić information content (AvgIpc) is 3.23. The van der Waals surface area contributed by atoms with E-state index < -0.39 is 0 Å². The standard InChI is InChI=1S/C31H30/c1-7-23-24-11-9-10-12-28(24)31(27(23)8-2)29-17-21(19(3)4)13-15-25(29)26-16-14-22(20(5)6)18-30(26)31/h7-20H,1-2H2,3-6H3. The van der Waals surface area contributed by atoms with Crippen molar-refractivity contribution in [2.45, 2.75) is 44.9 Å². The van der Waals surface area contributed by atoms with E-state index in [0.29, 0.717) is 11.8 Å². The summed E-state index contributed by atoms with van der Waals surface area (Å²) < 4.78 is 0. The molecule has 0 aliphatic heterocycles. The van der Waals surface area contributed by atoms with Crippen LogP contribution in [0.4, 0.5) is 0 Å². The Kier molecular flexibility index (Phi) is 4.45. The quantitative estimate of drug-likeness (QED) is 0.411. The fourth-order valence-electron chi connectivity index (χ4n) is 5.68. The predicted molar refractivity (Wildman–Crippen MR) is 134 cm³/mol. The van der Waals surface area contributed by atoms with Gasteiger partial charge < -0.3 is 0 Å². The molecule has 2 aliphatic rings. The van der Waals surface area contributed by atoms with Crippen molar-refractivity contribution in [3.05, 3.63) is 125 Å². The fraction of sp³-hybridized carbons (Fsp3) is 0.226. The van der Waals surface area contributed by atoms with E-state index in [2.05, 4.69) is 108 Å². The molecule has 1 spiro atoms. The largest absolute Gasteiger partial charge is 0.0987 e. The van der Waals surface area contributed by atoms with Gasteiger partial charge in [0, 0.05) is 0 Å². The van der Waals surface area contributed by atoms with Crippen molar-refractivity contribution < 1.29 is 0 Å². The lowest BCUT2D eigenvalue weighted by Crippen LogP contribution is -2.27. The zero-order valence-electron chi connectivity index (χ0n) is 19.0. The van der Waals surface area contributed by atoms with Crippen LogP contribution in [0.2, 0.25) is 0 Å². The minimum absolute atomic E-state index is 0.331. The minimum atomic E-state index is -0.331. The molecule has 0 radical (unpaired) electrons. The first-order chi connectivity index (χ1) is 14.9. The van der Waals surface area contributed by atoms with Crippen LogP contribution in [-0.4, -0.2) is 0 Å². The van der Waals surface area contributed by atoms with E-state index in [-0.39, 0.29) is 5.41 Å². The number of fused-ring (bicyclic) bond motifs is 7. The molecule has 0 atom stereocenters. The van der Waals surface area contributed by atoms with E-state index in [1.807, 2.05) is 6.08 Å². The molecule has 0 bridgehead atoms. The smallest absolute Gasteiger partial charge is 0.0725 e. The second-order valence-corrected chi connectivity index (χ2v) is 9.45. The number of rotatable bonds is 4. The molecular weight excluding hydrogens is 372 g/mol. The molecule has 0 heteroatoms. The van der Waals surface area contributed by atoms with Crippen LogP contribution >= 0.6 is 0 Å². The summed E-state index contributed by atoms with van der Waals surface area (Å²) in [7, 11) is 0. The predicted octanol–water partition coefficient (Wildman–Crippen LogP) is 8.39. The third-order valence-electron chi connectivity index (χ3n) is 7.24. The molecule has 0 amide bonds. The van der Waals surface area contributed by atoms with Crippen molar-refractivity contribution in [2.75, 3.05) is 0 Å². The second kappa shape index (κ2) is 6.95. The lowest BCUT2D eigenvalue weighted by molar-refractivity contribution is 0.771. The minimum Gasteiger partial charge on any atom is -0.0987 e. The van der Waals surface area contributed by atoms with E-state index in [0.717, 1.165) is 0 Å². The van der Waals surface area contributed by atoms with Gasteiger partial charge in [-0.2, -0.15) is 0 Å². The first-order valence-corrected chi connectivity index (χ1v) is 11.3. The van der Waals surface area contributed by atoms with Gasteiger partial charge in [0.2, 0.25) is 0 Å². The Labute approximate surface area is 186 Å². The van der Waals surface area contributed by atoms with Crippen molar-refractivity contribution >= 4 is 5.57 Å². The van der Waals surface area contributed by atoms with Crippen molar-refractivity contribution in [2.24, 2.45) is 0 Å². The summed E-state index contributed by atoms with van der Waals surface area (Å²) in [6, 6.07) is 23.0. The third-order valence-corrected chi connectivity index (χ3v) is 7.24. The summed E-state index contributed by atoms with van der Waals surface area (Å²) in [4.78, 5) is 0. The molecule has 0 unspecified atom stereocenters. The van der Waals surface area contributed by atoms with Gasteiger partial charge in [-0.15, -0.1) is 0 Å². The summed E-state index contributed by atoms with van der Waals surface area (Å²) in [6.45, 7) is 17.6. The van der Waals surface area contributed by atoms with E-state index >= 15 is 0 Å². The van der Waals surface area contributed by atoms with Gasteiger partial charge in [0.25, 0.3) is 0 Å². The molecule has 0 N–H and O–H groups in total. The van der Waals surface area contributed by atoms with E-state index in [1.54, 1.807) is 0 Å². The van der Waals surface area contributed by atoms with Gasteiger partial charge in [-0.05, 0) is 67.5 Å². The lowest BCUT2D eigenvalue weighted by Gasteiger charge is -2.32. The SMILES string of the molecule is C=CC1=C(C=C)C2(c3ccccc31)c1cc(C(C)C)ccc1-c1ccc(C(C)C)cc12. The van der Waals surface area contributed by atoms with Gasteiger partial charge in [0.1, 0.15) is 0 Å². The molecule has 3 aromatic carbocycles. The molecule has 3 aromatic rings. The van der Waals surface area contributed by atoms with Crippen LogP contribution in [0.15, 0.2) is 91.5 Å². The van der Waals surface area contributed by atoms with E-state index in [9.17, 15) is 0 Å². The highest BCUT2D eigenvalue weighted by atomic mass is 14.5. The maximum atomic E-state index is 4.30. The summed E-state index contributed by atoms with van der Waals surface area (Å²) in [5.74, 6) is 0.952. The Hall–Kier alpha value is -3.12. The van der Waals surface area contributed by atoms with Gasteiger partial charge in [-0.1, -0.05) is 114 Å². The van der Waals surface area contributed by atoms with Crippen LogP contribution in [0.25, 0.3) is 16.7 Å². The molecular formula is C31H30. The van der Waals surface area contributed by atoms with Gasteiger partial charge in [0.05, 0.1) is 5.41 Å². The molecule has 0 saturated carbocycles. The highest BCUT2D eigenvalue weighted by Gasteiger charge is 2.51. The number of allylic oxidation sites excluding steroid dienone is 4. The van der Waals surface area contributed by atoms with Gasteiger partial charge in [0.15, 0.2) is 0 Å². The van der Waals surface area contributed by atoms with Crippen LogP contribution in [0, 0.1) is 0 Å². The van der Waals surface area contributed by atoms with Gasteiger partial charge >= 0.3 is 0 Å². The summed E-state index contributed by atoms with van der Waals surface area (Å²) >= 11 is 0. The lowest BCUT2D eigenvalue weighted by atomic mass is 9.69. The zero-order chi connectivity index (χ0) is 21.9. The summed E-state index contributed by atoms with van der Waals surface area (Å²) in [6.07, 6.45) is 4.08. The monoisotopic (exact) mass is 402 g/mol. The normalized spacial score (nSPS) is 15.4. The maximum Gasteiger partial charge on any atom is 0.0725 e.